The first kappa shape index (κ1) is 13.5. The Bertz CT molecular complexity index is 1130. The maximum absolute atomic E-state index is 12.7. The molecule has 0 N–H and O–H groups in total. The van der Waals surface area contributed by atoms with E-state index >= 15 is 0 Å². The summed E-state index contributed by atoms with van der Waals surface area (Å²) in [5.74, 6) is 1.37. The molecule has 0 aliphatic heterocycles. The van der Waals surface area contributed by atoms with Gasteiger partial charge in [-0.15, -0.1) is 5.10 Å². The molecule has 7 heteroatoms. The summed E-state index contributed by atoms with van der Waals surface area (Å²) in [7, 11) is 1.76. The van der Waals surface area contributed by atoms with Gasteiger partial charge in [0, 0.05) is 7.05 Å². The Hall–Kier alpha value is -2.96. The molecular weight excluding hydrogens is 304 g/mol. The van der Waals surface area contributed by atoms with Crippen LogP contribution in [-0.2, 0) is 13.5 Å². The van der Waals surface area contributed by atoms with Crippen molar-refractivity contribution in [3.63, 3.8) is 0 Å². The van der Waals surface area contributed by atoms with Gasteiger partial charge in [-0.1, -0.05) is 17.3 Å². The van der Waals surface area contributed by atoms with E-state index in [4.69, 9.17) is 0 Å². The van der Waals surface area contributed by atoms with Gasteiger partial charge in [-0.05, 0) is 37.3 Å². The number of para-hydroxylation sites is 1. The predicted molar refractivity (Wildman–Crippen MR) is 89.3 cm³/mol. The Labute approximate surface area is 137 Å². The molecular formula is C17H16N6O. The molecule has 1 aromatic carbocycles. The highest BCUT2D eigenvalue weighted by Gasteiger charge is 2.23. The second-order valence-corrected chi connectivity index (χ2v) is 6.45. The van der Waals surface area contributed by atoms with Gasteiger partial charge in [0.05, 0.1) is 22.8 Å². The predicted octanol–water partition coefficient (Wildman–Crippen LogP) is 1.72. The van der Waals surface area contributed by atoms with Gasteiger partial charge in [0.15, 0.2) is 11.5 Å². The normalized spacial score (nSPS) is 14.7. The topological polar surface area (TPSA) is 70.0 Å². The molecule has 0 radical (unpaired) electrons. The number of hydrogen-bond acceptors (Lipinski definition) is 4. The highest BCUT2D eigenvalue weighted by atomic mass is 16.1. The summed E-state index contributed by atoms with van der Waals surface area (Å²) in [6.45, 7) is 0. The molecule has 0 amide bonds. The molecule has 4 aromatic rings. The molecule has 0 atom stereocenters. The summed E-state index contributed by atoms with van der Waals surface area (Å²) >= 11 is 0. The number of hydrogen-bond donors (Lipinski definition) is 0. The average Bonchev–Trinajstić information content (AvgIpc) is 3.10. The van der Waals surface area contributed by atoms with Crippen molar-refractivity contribution in [2.75, 3.05) is 0 Å². The summed E-state index contributed by atoms with van der Waals surface area (Å²) < 4.78 is 5.21. The lowest BCUT2D eigenvalue weighted by Gasteiger charge is -2.07. The van der Waals surface area contributed by atoms with Crippen LogP contribution in [0.5, 0.6) is 0 Å². The molecule has 0 spiro atoms. The maximum Gasteiger partial charge on any atom is 0.261 e. The van der Waals surface area contributed by atoms with Crippen molar-refractivity contribution in [3.05, 3.63) is 52.8 Å². The third-order valence-electron chi connectivity index (χ3n) is 4.69. The minimum atomic E-state index is -0.0434. The molecule has 0 bridgehead atoms. The Morgan fingerprint density at radius 3 is 2.92 bits per heavy atom. The van der Waals surface area contributed by atoms with Crippen LogP contribution in [0.25, 0.3) is 22.4 Å². The largest absolute Gasteiger partial charge is 0.294 e. The van der Waals surface area contributed by atoms with E-state index in [1.807, 2.05) is 34.9 Å². The smallest absolute Gasteiger partial charge is 0.261 e. The van der Waals surface area contributed by atoms with Gasteiger partial charge in [-0.2, -0.15) is 4.68 Å². The van der Waals surface area contributed by atoms with E-state index in [1.54, 1.807) is 22.6 Å². The molecule has 1 saturated carbocycles. The molecule has 5 rings (SSSR count). The van der Waals surface area contributed by atoms with Crippen molar-refractivity contribution in [1.29, 1.82) is 0 Å². The lowest BCUT2D eigenvalue weighted by molar-refractivity contribution is 0.763. The number of nitrogens with zero attached hydrogens (tertiary/aromatic N) is 6. The first-order valence-corrected chi connectivity index (χ1v) is 8.09. The summed E-state index contributed by atoms with van der Waals surface area (Å²) in [4.78, 5) is 17.1. The van der Waals surface area contributed by atoms with Crippen LogP contribution in [0.15, 0.2) is 41.6 Å². The Morgan fingerprint density at radius 1 is 1.25 bits per heavy atom. The third kappa shape index (κ3) is 1.90. The number of imidazole rings is 1. The van der Waals surface area contributed by atoms with Crippen molar-refractivity contribution < 1.29 is 0 Å². The summed E-state index contributed by atoms with van der Waals surface area (Å²) in [6.07, 6.45) is 7.17. The van der Waals surface area contributed by atoms with E-state index in [1.165, 1.54) is 12.8 Å². The van der Waals surface area contributed by atoms with Gasteiger partial charge < -0.3 is 0 Å². The molecule has 3 heterocycles. The molecule has 0 unspecified atom stereocenters. The second-order valence-electron chi connectivity index (χ2n) is 6.45. The SMILES string of the molecule is Cn1c(=O)c2ccccc2n2cnc(-n3cc(CC4CC4)nn3)c12. The molecule has 1 aliphatic rings. The monoisotopic (exact) mass is 320 g/mol. The van der Waals surface area contributed by atoms with Crippen molar-refractivity contribution >= 4 is 16.6 Å². The fraction of sp³-hybridized carbons (Fsp3) is 0.294. The highest BCUT2D eigenvalue weighted by Crippen LogP contribution is 2.32. The zero-order chi connectivity index (χ0) is 16.3. The quantitative estimate of drug-likeness (QED) is 0.576. The molecule has 1 aliphatic carbocycles. The van der Waals surface area contributed by atoms with Crippen molar-refractivity contribution in [2.45, 2.75) is 19.3 Å². The zero-order valence-electron chi connectivity index (χ0n) is 13.3. The number of aryl methyl sites for hydroxylation is 1. The zero-order valence-corrected chi connectivity index (χ0v) is 13.3. The Morgan fingerprint density at radius 2 is 2.08 bits per heavy atom. The maximum atomic E-state index is 12.7. The van der Waals surface area contributed by atoms with E-state index < -0.39 is 0 Å². The lowest BCUT2D eigenvalue weighted by atomic mass is 10.2. The Balaban J connectivity index is 1.74. The molecule has 7 nitrogen and oxygen atoms in total. The molecule has 1 fully saturated rings. The van der Waals surface area contributed by atoms with Gasteiger partial charge in [-0.3, -0.25) is 13.8 Å². The molecule has 120 valence electrons. The van der Waals surface area contributed by atoms with E-state index in [0.29, 0.717) is 16.9 Å². The van der Waals surface area contributed by atoms with Crippen LogP contribution in [0.4, 0.5) is 0 Å². The van der Waals surface area contributed by atoms with E-state index in [2.05, 4.69) is 15.3 Å². The minimum Gasteiger partial charge on any atom is -0.294 e. The van der Waals surface area contributed by atoms with Gasteiger partial charge in [0.25, 0.3) is 5.56 Å². The van der Waals surface area contributed by atoms with Crippen LogP contribution in [0.3, 0.4) is 0 Å². The van der Waals surface area contributed by atoms with Gasteiger partial charge in [0.1, 0.15) is 6.33 Å². The van der Waals surface area contributed by atoms with Crippen LogP contribution in [0, 0.1) is 5.92 Å². The van der Waals surface area contributed by atoms with Crippen molar-refractivity contribution in [1.82, 2.24) is 28.9 Å². The summed E-state index contributed by atoms with van der Waals surface area (Å²) in [5, 5.41) is 9.14. The molecule has 24 heavy (non-hydrogen) atoms. The molecule has 0 saturated heterocycles. The van der Waals surface area contributed by atoms with E-state index in [0.717, 1.165) is 23.5 Å². The van der Waals surface area contributed by atoms with Gasteiger partial charge in [0.2, 0.25) is 0 Å². The van der Waals surface area contributed by atoms with Gasteiger partial charge in [-0.25, -0.2) is 4.98 Å². The standard InChI is InChI=1S/C17H16N6O/c1-21-16-15(23-9-12(19-20-23)8-11-6-7-11)18-10-22(16)14-5-3-2-4-13(14)17(21)24/h2-5,9-11H,6-8H2,1H3. The van der Waals surface area contributed by atoms with Gasteiger partial charge >= 0.3 is 0 Å². The van der Waals surface area contributed by atoms with E-state index in [9.17, 15) is 4.79 Å². The van der Waals surface area contributed by atoms with Crippen LogP contribution in [0.1, 0.15) is 18.5 Å². The summed E-state index contributed by atoms with van der Waals surface area (Å²) in [6, 6.07) is 7.55. The Kier molecular flexibility index (Phi) is 2.68. The molecule has 3 aromatic heterocycles. The third-order valence-corrected chi connectivity index (χ3v) is 4.69. The number of benzene rings is 1. The fourth-order valence-corrected chi connectivity index (χ4v) is 3.24. The number of fused-ring (bicyclic) bond motifs is 3. The fourth-order valence-electron chi connectivity index (χ4n) is 3.24. The number of aromatic nitrogens is 6. The van der Waals surface area contributed by atoms with Crippen LogP contribution in [0.2, 0.25) is 0 Å². The average molecular weight is 320 g/mol. The van der Waals surface area contributed by atoms with Crippen LogP contribution >= 0.6 is 0 Å². The minimum absolute atomic E-state index is 0.0434. The van der Waals surface area contributed by atoms with E-state index in [-0.39, 0.29) is 5.56 Å². The van der Waals surface area contributed by atoms with Crippen LogP contribution in [-0.4, -0.2) is 28.9 Å². The van der Waals surface area contributed by atoms with Crippen molar-refractivity contribution in [2.24, 2.45) is 13.0 Å². The number of rotatable bonds is 3. The highest BCUT2D eigenvalue weighted by molar-refractivity contribution is 5.82. The van der Waals surface area contributed by atoms with Crippen LogP contribution < -0.4 is 5.56 Å². The second kappa shape index (κ2) is 4.77. The lowest BCUT2D eigenvalue weighted by Crippen LogP contribution is -2.20. The van der Waals surface area contributed by atoms with Crippen molar-refractivity contribution in [3.8, 4) is 5.82 Å². The first-order valence-electron chi connectivity index (χ1n) is 8.09. The first-order chi connectivity index (χ1) is 11.7. The summed E-state index contributed by atoms with van der Waals surface area (Å²) in [5.41, 5.74) is 2.48.